The van der Waals surface area contributed by atoms with Crippen molar-refractivity contribution < 1.29 is 4.74 Å². The van der Waals surface area contributed by atoms with E-state index < -0.39 is 0 Å². The van der Waals surface area contributed by atoms with E-state index in [2.05, 4.69) is 34.1 Å². The van der Waals surface area contributed by atoms with Gasteiger partial charge in [0.05, 0.1) is 0 Å². The smallest absolute Gasteiger partial charge is 0.0476 e. The molecule has 2 N–H and O–H groups in total. The van der Waals surface area contributed by atoms with Crippen LogP contribution in [0, 0.1) is 0 Å². The summed E-state index contributed by atoms with van der Waals surface area (Å²) in [5.74, 6) is 0. The molecule has 1 aromatic carbocycles. The number of nitrogens with two attached hydrogens (primary N) is 1. The Bertz CT molecular complexity index is 366. The third-order valence-electron chi connectivity index (χ3n) is 2.89. The normalized spacial score (nSPS) is 17.3. The average Bonchev–Trinajstić information content (AvgIpc) is 2.34. The number of ether oxygens (including phenoxy) is 1. The minimum absolute atomic E-state index is 0.695. The second kappa shape index (κ2) is 6.78. The lowest BCUT2D eigenvalue weighted by Gasteiger charge is -2.22. The van der Waals surface area contributed by atoms with Gasteiger partial charge in [0.15, 0.2) is 0 Å². The summed E-state index contributed by atoms with van der Waals surface area (Å²) >= 11 is 5.61. The van der Waals surface area contributed by atoms with Crippen LogP contribution in [-0.4, -0.2) is 25.0 Å². The molecule has 2 rings (SSSR count). The molecule has 0 bridgehead atoms. The van der Waals surface area contributed by atoms with Crippen LogP contribution in [0.2, 0.25) is 0 Å². The maximum Gasteiger partial charge on any atom is 0.0476 e. The van der Waals surface area contributed by atoms with E-state index in [-0.39, 0.29) is 0 Å². The highest BCUT2D eigenvalue weighted by Crippen LogP contribution is 2.35. The molecule has 1 aliphatic heterocycles. The molecule has 0 radical (unpaired) electrons. The molecular weight excluding hydrogens is 298 g/mol. The van der Waals surface area contributed by atoms with Crippen LogP contribution in [0.5, 0.6) is 0 Å². The molecule has 0 unspecified atom stereocenters. The first kappa shape index (κ1) is 13.4. The zero-order valence-electron chi connectivity index (χ0n) is 9.82. The molecule has 17 heavy (non-hydrogen) atoms. The zero-order chi connectivity index (χ0) is 12.1. The minimum Gasteiger partial charge on any atom is -0.381 e. The van der Waals surface area contributed by atoms with Gasteiger partial charge >= 0.3 is 0 Å². The molecule has 0 aromatic heterocycles. The minimum atomic E-state index is 0.695. The maximum absolute atomic E-state index is 5.56. The van der Waals surface area contributed by atoms with Crippen molar-refractivity contribution >= 4 is 27.7 Å². The molecule has 1 saturated heterocycles. The van der Waals surface area contributed by atoms with Gasteiger partial charge in [-0.3, -0.25) is 0 Å². The van der Waals surface area contributed by atoms with E-state index in [1.807, 2.05) is 11.8 Å². The summed E-state index contributed by atoms with van der Waals surface area (Å²) in [6, 6.07) is 6.57. The van der Waals surface area contributed by atoms with Gasteiger partial charge in [-0.2, -0.15) is 0 Å². The molecule has 1 fully saturated rings. The largest absolute Gasteiger partial charge is 0.381 e. The Kier molecular flexibility index (Phi) is 5.35. The van der Waals surface area contributed by atoms with Crippen LogP contribution in [0.3, 0.4) is 0 Å². The quantitative estimate of drug-likeness (QED) is 0.926. The molecule has 1 aromatic rings. The number of rotatable bonds is 4. The molecule has 0 saturated carbocycles. The summed E-state index contributed by atoms with van der Waals surface area (Å²) in [6.45, 7) is 2.51. The fourth-order valence-corrected chi connectivity index (χ4v) is 3.75. The van der Waals surface area contributed by atoms with Gasteiger partial charge in [-0.1, -0.05) is 6.07 Å². The van der Waals surface area contributed by atoms with Crippen molar-refractivity contribution in [3.63, 3.8) is 0 Å². The van der Waals surface area contributed by atoms with Crippen LogP contribution in [-0.2, 0) is 11.2 Å². The van der Waals surface area contributed by atoms with Crippen LogP contribution in [0.1, 0.15) is 18.4 Å². The lowest BCUT2D eigenvalue weighted by molar-refractivity contribution is 0.100. The molecule has 0 aliphatic carbocycles. The zero-order valence-corrected chi connectivity index (χ0v) is 12.2. The van der Waals surface area contributed by atoms with E-state index in [0.29, 0.717) is 11.8 Å². The maximum atomic E-state index is 5.56. The molecule has 1 aliphatic rings. The fourth-order valence-electron chi connectivity index (χ4n) is 1.94. The van der Waals surface area contributed by atoms with Crippen LogP contribution < -0.4 is 5.73 Å². The number of benzene rings is 1. The van der Waals surface area contributed by atoms with Gasteiger partial charge in [-0.05, 0) is 59.4 Å². The van der Waals surface area contributed by atoms with Crippen molar-refractivity contribution in [1.29, 1.82) is 0 Å². The lowest BCUT2D eigenvalue weighted by atomic mass is 10.2. The Hall–Kier alpha value is -0.0300. The molecular formula is C13H18BrNOS. The molecule has 2 nitrogen and oxygen atoms in total. The second-order valence-electron chi connectivity index (χ2n) is 4.23. The molecule has 4 heteroatoms. The van der Waals surface area contributed by atoms with Crippen molar-refractivity contribution in [2.24, 2.45) is 5.73 Å². The van der Waals surface area contributed by atoms with Gasteiger partial charge in [0.25, 0.3) is 0 Å². The van der Waals surface area contributed by atoms with Crippen molar-refractivity contribution in [3.8, 4) is 0 Å². The van der Waals surface area contributed by atoms with E-state index in [4.69, 9.17) is 10.5 Å². The van der Waals surface area contributed by atoms with E-state index in [1.165, 1.54) is 14.9 Å². The summed E-state index contributed by atoms with van der Waals surface area (Å²) < 4.78 is 6.57. The highest BCUT2D eigenvalue weighted by molar-refractivity contribution is 9.10. The number of hydrogen-bond acceptors (Lipinski definition) is 3. The Morgan fingerprint density at radius 3 is 2.76 bits per heavy atom. The summed E-state index contributed by atoms with van der Waals surface area (Å²) in [5, 5.41) is 0.695. The van der Waals surface area contributed by atoms with E-state index >= 15 is 0 Å². The van der Waals surface area contributed by atoms with Crippen LogP contribution in [0.25, 0.3) is 0 Å². The van der Waals surface area contributed by atoms with Crippen molar-refractivity contribution in [2.75, 3.05) is 19.8 Å². The number of thioether (sulfide) groups is 1. The highest BCUT2D eigenvalue weighted by atomic mass is 79.9. The predicted molar refractivity (Wildman–Crippen MR) is 76.6 cm³/mol. The third kappa shape index (κ3) is 3.98. The van der Waals surface area contributed by atoms with Crippen LogP contribution in [0.4, 0.5) is 0 Å². The molecule has 0 atom stereocenters. The summed E-state index contributed by atoms with van der Waals surface area (Å²) in [4.78, 5) is 1.33. The van der Waals surface area contributed by atoms with Crippen LogP contribution in [0.15, 0.2) is 27.6 Å². The topological polar surface area (TPSA) is 35.2 Å². The van der Waals surface area contributed by atoms with E-state index in [1.54, 1.807) is 0 Å². The van der Waals surface area contributed by atoms with Crippen molar-refractivity contribution in [2.45, 2.75) is 29.4 Å². The molecule has 1 heterocycles. The van der Waals surface area contributed by atoms with E-state index in [9.17, 15) is 0 Å². The SMILES string of the molecule is NCCc1ccc(SC2CCOCC2)c(Br)c1. The van der Waals surface area contributed by atoms with Gasteiger partial charge in [0, 0.05) is 27.8 Å². The average molecular weight is 316 g/mol. The second-order valence-corrected chi connectivity index (χ2v) is 6.43. The third-order valence-corrected chi connectivity index (χ3v) is 5.22. The van der Waals surface area contributed by atoms with Crippen molar-refractivity contribution in [3.05, 3.63) is 28.2 Å². The predicted octanol–water partition coefficient (Wildman–Crippen LogP) is 3.22. The standard InChI is InChI=1S/C13H18BrNOS/c14-12-9-10(3-6-15)1-2-13(12)17-11-4-7-16-8-5-11/h1-2,9,11H,3-8,15H2. The van der Waals surface area contributed by atoms with E-state index in [0.717, 1.165) is 32.5 Å². The first-order chi connectivity index (χ1) is 8.29. The monoisotopic (exact) mass is 315 g/mol. The highest BCUT2D eigenvalue weighted by Gasteiger charge is 2.16. The Morgan fingerprint density at radius 1 is 1.35 bits per heavy atom. The van der Waals surface area contributed by atoms with Gasteiger partial charge in [-0.15, -0.1) is 11.8 Å². The summed E-state index contributed by atoms with van der Waals surface area (Å²) in [6.07, 6.45) is 3.25. The first-order valence-corrected chi connectivity index (χ1v) is 7.70. The van der Waals surface area contributed by atoms with Gasteiger partial charge in [0.1, 0.15) is 0 Å². The van der Waals surface area contributed by atoms with Crippen molar-refractivity contribution in [1.82, 2.24) is 0 Å². The number of halogens is 1. The summed E-state index contributed by atoms with van der Waals surface area (Å²) in [5.41, 5.74) is 6.87. The van der Waals surface area contributed by atoms with Gasteiger partial charge in [0.2, 0.25) is 0 Å². The number of hydrogen-bond donors (Lipinski definition) is 1. The van der Waals surface area contributed by atoms with Crippen LogP contribution >= 0.6 is 27.7 Å². The van der Waals surface area contributed by atoms with Gasteiger partial charge < -0.3 is 10.5 Å². The first-order valence-electron chi connectivity index (χ1n) is 6.02. The molecule has 0 amide bonds. The lowest BCUT2D eigenvalue weighted by Crippen LogP contribution is -2.17. The Balaban J connectivity index is 2.00. The Morgan fingerprint density at radius 2 is 2.12 bits per heavy atom. The Labute approximate surface area is 115 Å². The molecule has 0 spiro atoms. The molecule has 94 valence electrons. The fraction of sp³-hybridized carbons (Fsp3) is 0.538. The summed E-state index contributed by atoms with van der Waals surface area (Å²) in [7, 11) is 0. The van der Waals surface area contributed by atoms with Gasteiger partial charge in [-0.25, -0.2) is 0 Å².